The van der Waals surface area contributed by atoms with Gasteiger partial charge in [0.15, 0.2) is 5.11 Å². The Morgan fingerprint density at radius 2 is 1.82 bits per heavy atom. The van der Waals surface area contributed by atoms with Crippen molar-refractivity contribution >= 4 is 28.7 Å². The predicted octanol–water partition coefficient (Wildman–Crippen LogP) is 5.46. The van der Waals surface area contributed by atoms with E-state index in [0.29, 0.717) is 11.0 Å². The van der Waals surface area contributed by atoms with Crippen molar-refractivity contribution in [2.24, 2.45) is 0 Å². The zero-order valence-electron chi connectivity index (χ0n) is 13.1. The normalized spacial score (nSPS) is 11.8. The van der Waals surface area contributed by atoms with Crippen molar-refractivity contribution in [1.29, 1.82) is 0 Å². The fraction of sp³-hybridized carbons (Fsp3) is 0.278. The topological polar surface area (TPSA) is 24.1 Å². The van der Waals surface area contributed by atoms with Crippen molar-refractivity contribution in [2.75, 3.05) is 10.6 Å². The van der Waals surface area contributed by atoms with E-state index >= 15 is 0 Å². The minimum Gasteiger partial charge on any atom is -0.332 e. The van der Waals surface area contributed by atoms with Crippen molar-refractivity contribution in [3.8, 4) is 0 Å². The molecule has 0 aliphatic heterocycles. The molecule has 0 fully saturated rings. The third-order valence-electron chi connectivity index (χ3n) is 3.79. The summed E-state index contributed by atoms with van der Waals surface area (Å²) in [6.07, 6.45) is 1.12. The highest BCUT2D eigenvalue weighted by atomic mass is 32.1. The molecule has 2 aromatic carbocycles. The Bertz CT molecular complexity index is 653. The van der Waals surface area contributed by atoms with Crippen LogP contribution in [0.25, 0.3) is 0 Å². The van der Waals surface area contributed by atoms with Gasteiger partial charge in [-0.2, -0.15) is 0 Å². The maximum atomic E-state index is 13.1. The number of aryl methyl sites for hydroxylation is 1. The Kier molecular flexibility index (Phi) is 5.50. The first-order valence-corrected chi connectivity index (χ1v) is 7.84. The van der Waals surface area contributed by atoms with Crippen molar-refractivity contribution in [3.63, 3.8) is 0 Å². The lowest BCUT2D eigenvalue weighted by Gasteiger charge is -2.14. The first kappa shape index (κ1) is 16.4. The summed E-state index contributed by atoms with van der Waals surface area (Å²) in [5, 5.41) is 6.72. The molecule has 2 nitrogen and oxygen atoms in total. The lowest BCUT2D eigenvalue weighted by molar-refractivity contribution is 0.627. The number of halogens is 1. The summed E-state index contributed by atoms with van der Waals surface area (Å²) in [5.41, 5.74) is 3.87. The monoisotopic (exact) mass is 316 g/mol. The number of anilines is 2. The van der Waals surface area contributed by atoms with Crippen LogP contribution < -0.4 is 10.6 Å². The first-order chi connectivity index (χ1) is 10.5. The summed E-state index contributed by atoms with van der Waals surface area (Å²) in [5.74, 6) is 0.309. The molecule has 2 N–H and O–H groups in total. The van der Waals surface area contributed by atoms with Crippen LogP contribution in [0.1, 0.15) is 37.3 Å². The summed E-state index contributed by atoms with van der Waals surface area (Å²) in [6.45, 7) is 6.24. The second-order valence-corrected chi connectivity index (χ2v) is 5.88. The highest BCUT2D eigenvalue weighted by molar-refractivity contribution is 7.80. The third-order valence-corrected chi connectivity index (χ3v) is 3.99. The van der Waals surface area contributed by atoms with Crippen LogP contribution in [-0.4, -0.2) is 5.11 Å². The molecular weight excluding hydrogens is 295 g/mol. The van der Waals surface area contributed by atoms with Gasteiger partial charge in [-0.25, -0.2) is 4.39 Å². The highest BCUT2D eigenvalue weighted by Gasteiger charge is 2.05. The van der Waals surface area contributed by atoms with E-state index in [4.69, 9.17) is 12.2 Å². The van der Waals surface area contributed by atoms with Gasteiger partial charge in [0.1, 0.15) is 5.82 Å². The molecule has 1 unspecified atom stereocenters. The summed E-state index contributed by atoms with van der Waals surface area (Å²) in [4.78, 5) is 0. The second kappa shape index (κ2) is 7.36. The lowest BCUT2D eigenvalue weighted by Crippen LogP contribution is -2.19. The Balaban J connectivity index is 1.99. The number of thiocarbonyl (C=S) groups is 1. The van der Waals surface area contributed by atoms with Gasteiger partial charge in [0.25, 0.3) is 0 Å². The molecule has 2 rings (SSSR count). The zero-order chi connectivity index (χ0) is 16.1. The number of nitrogens with one attached hydrogen (secondary N) is 2. The van der Waals surface area contributed by atoms with Crippen LogP contribution in [-0.2, 0) is 0 Å². The van der Waals surface area contributed by atoms with E-state index < -0.39 is 0 Å². The molecular formula is C18H21FN2S. The summed E-state index contributed by atoms with van der Waals surface area (Å²) in [7, 11) is 0. The number of hydrogen-bond acceptors (Lipinski definition) is 1. The minimum atomic E-state index is -0.248. The Labute approximate surface area is 136 Å². The maximum absolute atomic E-state index is 13.1. The molecule has 0 heterocycles. The molecule has 0 saturated heterocycles. The van der Waals surface area contributed by atoms with Crippen LogP contribution in [0.15, 0.2) is 42.5 Å². The van der Waals surface area contributed by atoms with Crippen LogP contribution in [0.2, 0.25) is 0 Å². The fourth-order valence-corrected chi connectivity index (χ4v) is 2.41. The molecule has 0 bridgehead atoms. The molecule has 0 saturated carbocycles. The van der Waals surface area contributed by atoms with Crippen LogP contribution in [0.5, 0.6) is 0 Å². The molecule has 0 aliphatic carbocycles. The largest absolute Gasteiger partial charge is 0.332 e. The molecule has 0 aliphatic rings. The summed E-state index contributed by atoms with van der Waals surface area (Å²) >= 11 is 5.30. The first-order valence-electron chi connectivity index (χ1n) is 7.43. The highest BCUT2D eigenvalue weighted by Crippen LogP contribution is 2.21. The van der Waals surface area contributed by atoms with Gasteiger partial charge < -0.3 is 10.6 Å². The number of hydrogen-bond donors (Lipinski definition) is 2. The SMILES string of the molecule is CCC(C)c1ccc(NC(=S)Nc2ccc(F)cc2C)cc1. The van der Waals surface area contributed by atoms with Gasteiger partial charge in [-0.3, -0.25) is 0 Å². The zero-order valence-corrected chi connectivity index (χ0v) is 13.9. The van der Waals surface area contributed by atoms with Crippen molar-refractivity contribution in [2.45, 2.75) is 33.1 Å². The molecule has 0 aromatic heterocycles. The fourth-order valence-electron chi connectivity index (χ4n) is 2.18. The van der Waals surface area contributed by atoms with Gasteiger partial charge >= 0.3 is 0 Å². The standard InChI is InChI=1S/C18H21FN2S/c1-4-12(2)14-5-8-16(9-6-14)20-18(22)21-17-10-7-15(19)11-13(17)3/h5-12H,4H2,1-3H3,(H2,20,21,22). The van der Waals surface area contributed by atoms with Crippen LogP contribution in [0, 0.1) is 12.7 Å². The predicted molar refractivity (Wildman–Crippen MR) is 96.1 cm³/mol. The number of rotatable bonds is 4. The van der Waals surface area contributed by atoms with Crippen LogP contribution >= 0.6 is 12.2 Å². The maximum Gasteiger partial charge on any atom is 0.175 e. The summed E-state index contributed by atoms with van der Waals surface area (Å²) in [6, 6.07) is 12.8. The average Bonchev–Trinajstić information content (AvgIpc) is 2.50. The van der Waals surface area contributed by atoms with Gasteiger partial charge in [-0.05, 0) is 72.9 Å². The van der Waals surface area contributed by atoms with Crippen molar-refractivity contribution < 1.29 is 4.39 Å². The molecule has 22 heavy (non-hydrogen) atoms. The van der Waals surface area contributed by atoms with Crippen LogP contribution in [0.3, 0.4) is 0 Å². The van der Waals surface area contributed by atoms with Gasteiger partial charge in [0.2, 0.25) is 0 Å². The Morgan fingerprint density at radius 1 is 1.14 bits per heavy atom. The molecule has 116 valence electrons. The van der Waals surface area contributed by atoms with E-state index in [9.17, 15) is 4.39 Å². The van der Waals surface area contributed by atoms with Gasteiger partial charge in [0.05, 0.1) is 0 Å². The quantitative estimate of drug-likeness (QED) is 0.733. The molecule has 0 spiro atoms. The molecule has 0 radical (unpaired) electrons. The number of benzene rings is 2. The van der Waals surface area contributed by atoms with Gasteiger partial charge in [-0.1, -0.05) is 26.0 Å². The smallest absolute Gasteiger partial charge is 0.175 e. The Hall–Kier alpha value is -1.94. The van der Waals surface area contributed by atoms with E-state index in [1.807, 2.05) is 19.1 Å². The van der Waals surface area contributed by atoms with E-state index in [1.165, 1.54) is 17.7 Å². The Morgan fingerprint density at radius 3 is 2.41 bits per heavy atom. The van der Waals surface area contributed by atoms with Crippen molar-refractivity contribution in [1.82, 2.24) is 0 Å². The average molecular weight is 316 g/mol. The molecule has 0 amide bonds. The summed E-state index contributed by atoms with van der Waals surface area (Å²) < 4.78 is 13.1. The lowest BCUT2D eigenvalue weighted by atomic mass is 9.99. The third kappa shape index (κ3) is 4.28. The molecule has 2 aromatic rings. The van der Waals surface area contributed by atoms with Crippen molar-refractivity contribution in [3.05, 3.63) is 59.4 Å². The molecule has 4 heteroatoms. The van der Waals surface area contributed by atoms with E-state index in [0.717, 1.165) is 23.4 Å². The van der Waals surface area contributed by atoms with E-state index in [1.54, 1.807) is 6.07 Å². The van der Waals surface area contributed by atoms with E-state index in [-0.39, 0.29) is 5.82 Å². The van der Waals surface area contributed by atoms with Crippen LogP contribution in [0.4, 0.5) is 15.8 Å². The van der Waals surface area contributed by atoms with E-state index in [2.05, 4.69) is 36.6 Å². The molecule has 1 atom stereocenters. The van der Waals surface area contributed by atoms with Gasteiger partial charge in [-0.15, -0.1) is 0 Å². The second-order valence-electron chi connectivity index (χ2n) is 5.47. The van der Waals surface area contributed by atoms with Gasteiger partial charge in [0, 0.05) is 11.4 Å². The minimum absolute atomic E-state index is 0.248.